The summed E-state index contributed by atoms with van der Waals surface area (Å²) in [6.45, 7) is 1.58. The lowest BCUT2D eigenvalue weighted by atomic mass is 10.1. The van der Waals surface area contributed by atoms with Crippen molar-refractivity contribution in [2.24, 2.45) is 0 Å². The van der Waals surface area contributed by atoms with E-state index in [0.717, 1.165) is 19.0 Å². The second kappa shape index (κ2) is 8.61. The first-order valence-corrected chi connectivity index (χ1v) is 7.95. The lowest BCUT2D eigenvalue weighted by Gasteiger charge is -2.13. The van der Waals surface area contributed by atoms with Crippen molar-refractivity contribution in [3.05, 3.63) is 47.8 Å². The molecule has 1 amide bonds. The Morgan fingerprint density at radius 1 is 1.15 bits per heavy atom. The van der Waals surface area contributed by atoms with E-state index in [2.05, 4.69) is 25.5 Å². The van der Waals surface area contributed by atoms with Crippen LogP contribution in [0.4, 0.5) is 24.8 Å². The molecule has 0 aliphatic carbocycles. The molecule has 2 N–H and O–H groups in total. The van der Waals surface area contributed by atoms with E-state index in [1.165, 1.54) is 30.6 Å². The summed E-state index contributed by atoms with van der Waals surface area (Å²) in [5.41, 5.74) is -1.15. The first-order valence-electron chi connectivity index (χ1n) is 7.95. The van der Waals surface area contributed by atoms with Crippen LogP contribution in [0.2, 0.25) is 0 Å². The maximum Gasteiger partial charge on any atom is 0.418 e. The molecule has 0 saturated heterocycles. The number of carbonyl (C=O) groups excluding carboxylic acids is 1. The zero-order valence-electron chi connectivity index (χ0n) is 14.5. The highest BCUT2D eigenvalue weighted by molar-refractivity contribution is 6.04. The lowest BCUT2D eigenvalue weighted by Crippen LogP contribution is -2.18. The Kier molecular flexibility index (Phi) is 6.51. The number of alkyl halides is 3. The number of halogens is 3. The average molecular weight is 367 g/mol. The number of anilines is 2. The molecule has 0 unspecified atom stereocenters. The summed E-state index contributed by atoms with van der Waals surface area (Å²) in [5, 5.41) is 5.27. The summed E-state index contributed by atoms with van der Waals surface area (Å²) in [6, 6.07) is 4.79. The molecule has 0 aliphatic rings. The molecule has 9 heteroatoms. The van der Waals surface area contributed by atoms with E-state index in [9.17, 15) is 18.0 Å². The average Bonchev–Trinajstić information content (AvgIpc) is 2.58. The Labute approximate surface area is 149 Å². The molecule has 2 aromatic rings. The van der Waals surface area contributed by atoms with E-state index in [1.54, 1.807) is 0 Å². The number of para-hydroxylation sites is 1. The number of benzene rings is 1. The monoisotopic (exact) mass is 367 g/mol. The molecule has 140 valence electrons. The fraction of sp³-hybridized carbons (Fsp3) is 0.353. The molecule has 0 fully saturated rings. The Morgan fingerprint density at radius 3 is 2.42 bits per heavy atom. The van der Waals surface area contributed by atoms with Crippen LogP contribution in [0.15, 0.2) is 36.7 Å². The van der Waals surface area contributed by atoms with Gasteiger partial charge in [0.25, 0.3) is 5.91 Å². The van der Waals surface area contributed by atoms with Crippen LogP contribution in [-0.4, -0.2) is 48.0 Å². The van der Waals surface area contributed by atoms with Gasteiger partial charge in [0.05, 0.1) is 16.8 Å². The standard InChI is InChI=1S/C17H20F3N5O/c1-25(2)9-5-8-21-16-22-10-12(11-23-16)15(26)24-14-7-4-3-6-13(14)17(18,19)20/h3-4,6-7,10-11H,5,8-9H2,1-2H3,(H,24,26)(H,21,22,23). The van der Waals surface area contributed by atoms with Gasteiger partial charge in [-0.1, -0.05) is 12.1 Å². The molecule has 26 heavy (non-hydrogen) atoms. The lowest BCUT2D eigenvalue weighted by molar-refractivity contribution is -0.136. The van der Waals surface area contributed by atoms with Gasteiger partial charge < -0.3 is 15.5 Å². The third-order valence-corrected chi connectivity index (χ3v) is 3.46. The molecule has 6 nitrogen and oxygen atoms in total. The van der Waals surface area contributed by atoms with Crippen LogP contribution in [-0.2, 0) is 6.18 Å². The summed E-state index contributed by atoms with van der Waals surface area (Å²) in [4.78, 5) is 22.2. The maximum absolute atomic E-state index is 13.0. The smallest absolute Gasteiger partial charge is 0.354 e. The number of aromatic nitrogens is 2. The number of rotatable bonds is 7. The van der Waals surface area contributed by atoms with Crippen molar-refractivity contribution < 1.29 is 18.0 Å². The van der Waals surface area contributed by atoms with Crippen LogP contribution in [0.1, 0.15) is 22.3 Å². The summed E-state index contributed by atoms with van der Waals surface area (Å²) in [6.07, 6.45) is -1.12. The van der Waals surface area contributed by atoms with Gasteiger partial charge in [-0.15, -0.1) is 0 Å². The molecule has 1 aromatic carbocycles. The molecular formula is C17H20F3N5O. The van der Waals surface area contributed by atoms with Crippen molar-refractivity contribution in [2.75, 3.05) is 37.8 Å². The second-order valence-electron chi connectivity index (χ2n) is 5.88. The topological polar surface area (TPSA) is 70.2 Å². The molecule has 0 aliphatic heterocycles. The summed E-state index contributed by atoms with van der Waals surface area (Å²) in [7, 11) is 3.95. The van der Waals surface area contributed by atoms with Gasteiger partial charge in [-0.05, 0) is 39.2 Å². The maximum atomic E-state index is 13.0. The highest BCUT2D eigenvalue weighted by Crippen LogP contribution is 2.34. The quantitative estimate of drug-likeness (QED) is 0.736. The third kappa shape index (κ3) is 5.69. The summed E-state index contributed by atoms with van der Waals surface area (Å²) < 4.78 is 38.9. The number of nitrogens with one attached hydrogen (secondary N) is 2. The molecule has 0 radical (unpaired) electrons. The molecular weight excluding hydrogens is 347 g/mol. The molecule has 0 saturated carbocycles. The van der Waals surface area contributed by atoms with Gasteiger partial charge in [-0.25, -0.2) is 9.97 Å². The summed E-state index contributed by atoms with van der Waals surface area (Å²) >= 11 is 0. The van der Waals surface area contributed by atoms with Gasteiger partial charge in [-0.2, -0.15) is 13.2 Å². The molecule has 2 rings (SSSR count). The fourth-order valence-electron chi connectivity index (χ4n) is 2.17. The van der Waals surface area contributed by atoms with Crippen molar-refractivity contribution in [1.29, 1.82) is 0 Å². The second-order valence-corrected chi connectivity index (χ2v) is 5.88. The minimum atomic E-state index is -4.55. The minimum Gasteiger partial charge on any atom is -0.354 e. The number of hydrogen-bond acceptors (Lipinski definition) is 5. The number of amides is 1. The van der Waals surface area contributed by atoms with Crippen molar-refractivity contribution in [3.63, 3.8) is 0 Å². The van der Waals surface area contributed by atoms with Crippen molar-refractivity contribution in [3.8, 4) is 0 Å². The van der Waals surface area contributed by atoms with E-state index in [1.807, 2.05) is 14.1 Å². The van der Waals surface area contributed by atoms with Crippen molar-refractivity contribution in [2.45, 2.75) is 12.6 Å². The number of carbonyl (C=O) groups is 1. The third-order valence-electron chi connectivity index (χ3n) is 3.46. The van der Waals surface area contributed by atoms with Crippen LogP contribution in [0.3, 0.4) is 0 Å². The molecule has 1 heterocycles. The van der Waals surface area contributed by atoms with Crippen LogP contribution < -0.4 is 10.6 Å². The van der Waals surface area contributed by atoms with E-state index in [-0.39, 0.29) is 11.3 Å². The van der Waals surface area contributed by atoms with E-state index in [4.69, 9.17) is 0 Å². The predicted molar refractivity (Wildman–Crippen MR) is 93.1 cm³/mol. The Hall–Kier alpha value is -2.68. The molecule has 0 atom stereocenters. The Bertz CT molecular complexity index is 732. The normalized spacial score (nSPS) is 11.5. The van der Waals surface area contributed by atoms with Crippen LogP contribution >= 0.6 is 0 Å². The molecule has 0 spiro atoms. The largest absolute Gasteiger partial charge is 0.418 e. The van der Waals surface area contributed by atoms with E-state index < -0.39 is 17.6 Å². The first kappa shape index (κ1) is 19.6. The zero-order chi connectivity index (χ0) is 19.2. The van der Waals surface area contributed by atoms with Gasteiger partial charge in [0.2, 0.25) is 5.95 Å². The first-order chi connectivity index (χ1) is 12.3. The highest BCUT2D eigenvalue weighted by Gasteiger charge is 2.33. The van der Waals surface area contributed by atoms with Crippen molar-refractivity contribution >= 4 is 17.5 Å². The van der Waals surface area contributed by atoms with E-state index >= 15 is 0 Å². The van der Waals surface area contributed by atoms with Crippen molar-refractivity contribution in [1.82, 2.24) is 14.9 Å². The summed E-state index contributed by atoms with van der Waals surface area (Å²) in [5.74, 6) is -0.350. The van der Waals surface area contributed by atoms with E-state index in [0.29, 0.717) is 12.5 Å². The predicted octanol–water partition coefficient (Wildman–Crippen LogP) is 3.11. The fourth-order valence-corrected chi connectivity index (χ4v) is 2.17. The van der Waals surface area contributed by atoms with Crippen LogP contribution in [0.25, 0.3) is 0 Å². The Morgan fingerprint density at radius 2 is 1.81 bits per heavy atom. The van der Waals surface area contributed by atoms with Gasteiger partial charge in [0, 0.05) is 18.9 Å². The minimum absolute atomic E-state index is 0.0702. The molecule has 0 bridgehead atoms. The van der Waals surface area contributed by atoms with Gasteiger partial charge in [0.1, 0.15) is 0 Å². The highest BCUT2D eigenvalue weighted by atomic mass is 19.4. The molecule has 1 aromatic heterocycles. The number of nitrogens with zero attached hydrogens (tertiary/aromatic N) is 3. The van der Waals surface area contributed by atoms with Crippen LogP contribution in [0.5, 0.6) is 0 Å². The number of hydrogen-bond donors (Lipinski definition) is 2. The zero-order valence-corrected chi connectivity index (χ0v) is 14.5. The Balaban J connectivity index is 1.99. The van der Waals surface area contributed by atoms with Gasteiger partial charge in [0.15, 0.2) is 0 Å². The van der Waals surface area contributed by atoms with Gasteiger partial charge in [-0.3, -0.25) is 4.79 Å². The van der Waals surface area contributed by atoms with Gasteiger partial charge >= 0.3 is 6.18 Å². The SMILES string of the molecule is CN(C)CCCNc1ncc(C(=O)Nc2ccccc2C(F)(F)F)cn1. The van der Waals surface area contributed by atoms with Crippen LogP contribution in [0, 0.1) is 0 Å².